The van der Waals surface area contributed by atoms with Gasteiger partial charge in [-0.25, -0.2) is 4.39 Å². The van der Waals surface area contributed by atoms with E-state index in [1.54, 1.807) is 6.92 Å². The average Bonchev–Trinajstić information content (AvgIpc) is 3.04. The Hall–Kier alpha value is -1.90. The minimum absolute atomic E-state index is 0.229. The van der Waals surface area contributed by atoms with E-state index in [1.807, 2.05) is 78.8 Å². The van der Waals surface area contributed by atoms with Gasteiger partial charge in [0, 0.05) is 10.4 Å². The molecule has 190 valence electrons. The van der Waals surface area contributed by atoms with Crippen molar-refractivity contribution in [2.45, 2.75) is 91.3 Å². The number of likely N-dealkylation sites (tertiary alicyclic amines) is 1. The van der Waals surface area contributed by atoms with Gasteiger partial charge in [-0.15, -0.1) is 12.6 Å². The minimum Gasteiger partial charge on any atom is -0.388 e. The van der Waals surface area contributed by atoms with E-state index in [0.29, 0.717) is 0 Å². The van der Waals surface area contributed by atoms with Crippen LogP contribution in [0.1, 0.15) is 72.6 Å². The largest absolute Gasteiger partial charge is 0.388 e. The van der Waals surface area contributed by atoms with Crippen LogP contribution in [0.2, 0.25) is 0 Å². The lowest BCUT2D eigenvalue weighted by Gasteiger charge is -2.39. The molecule has 0 saturated carbocycles. The van der Waals surface area contributed by atoms with Gasteiger partial charge in [0.1, 0.15) is 12.1 Å². The van der Waals surface area contributed by atoms with Gasteiger partial charge >= 0.3 is 0 Å². The van der Waals surface area contributed by atoms with Crippen molar-refractivity contribution in [3.05, 3.63) is 41.5 Å². The van der Waals surface area contributed by atoms with E-state index in [0.717, 1.165) is 16.0 Å². The second kappa shape index (κ2) is 10.8. The van der Waals surface area contributed by atoms with Gasteiger partial charge in [0.25, 0.3) is 0 Å². The third kappa shape index (κ3) is 6.83. The summed E-state index contributed by atoms with van der Waals surface area (Å²) >= 11 is 4.41. The maximum atomic E-state index is 15.0. The number of thiol groups is 1. The molecule has 1 saturated heterocycles. The van der Waals surface area contributed by atoms with Gasteiger partial charge in [0.2, 0.25) is 11.8 Å². The molecule has 1 heterocycles. The lowest BCUT2D eigenvalue weighted by molar-refractivity contribution is -0.144. The number of benzene rings is 1. The number of hydrogen-bond acceptors (Lipinski definition) is 5. The Balaban J connectivity index is 2.25. The summed E-state index contributed by atoms with van der Waals surface area (Å²) in [6, 6.07) is 5.09. The molecule has 2 amide bonds. The van der Waals surface area contributed by atoms with E-state index in [2.05, 4.69) is 23.3 Å². The number of aliphatic hydroxyl groups is 1. The molecule has 0 aliphatic carbocycles. The van der Waals surface area contributed by atoms with Crippen LogP contribution >= 0.6 is 12.6 Å². The van der Waals surface area contributed by atoms with Gasteiger partial charge in [-0.2, -0.15) is 0 Å². The molecule has 8 heteroatoms. The van der Waals surface area contributed by atoms with Gasteiger partial charge in [-0.1, -0.05) is 51.1 Å². The number of β-amino-alcohol motifs (C(OH)–C–C–N with tert-alkyl or cyclic N) is 1. The molecular weight excluding hydrogens is 453 g/mol. The van der Waals surface area contributed by atoms with Crippen molar-refractivity contribution in [3.63, 3.8) is 0 Å². The number of alkyl halides is 1. The third-order valence-electron chi connectivity index (χ3n) is 5.97. The Labute approximate surface area is 208 Å². The van der Waals surface area contributed by atoms with Crippen LogP contribution in [0.5, 0.6) is 0 Å². The number of aliphatic hydroxyl groups excluding tert-OH is 1. The van der Waals surface area contributed by atoms with Crippen LogP contribution in [0.3, 0.4) is 0 Å². The summed E-state index contributed by atoms with van der Waals surface area (Å²) < 4.78 is 15.0. The highest BCUT2D eigenvalue weighted by molar-refractivity contribution is 7.90. The number of allylic oxidation sites excluding steroid dienone is 1. The highest BCUT2D eigenvalue weighted by Gasteiger charge is 2.50. The fraction of sp³-hybridized carbons (Fsp3) is 0.615. The second-order valence-electron chi connectivity index (χ2n) is 11.2. The van der Waals surface area contributed by atoms with Crippen LogP contribution in [0, 0.1) is 5.41 Å². The Bertz CT molecular complexity index is 905. The molecular formula is C26H40FN3O3S. The Kier molecular flexibility index (Phi) is 8.99. The molecule has 5 atom stereocenters. The minimum atomic E-state index is -1.87. The SMILES string of the molecule is C/C=C(/S)c1ccc([C@H](C)NC(=O)[C@@H]2[C@@H](F)[C@@H](O)CN2C(=O)[C@@H](NC(C)(C)C)C(C)(C)C)cc1. The maximum Gasteiger partial charge on any atom is 0.246 e. The molecule has 2 rings (SSSR count). The highest BCUT2D eigenvalue weighted by Crippen LogP contribution is 2.29. The number of hydrogen-bond donors (Lipinski definition) is 4. The van der Waals surface area contributed by atoms with E-state index in [4.69, 9.17) is 0 Å². The monoisotopic (exact) mass is 493 g/mol. The highest BCUT2D eigenvalue weighted by atomic mass is 32.1. The summed E-state index contributed by atoms with van der Waals surface area (Å²) in [6.45, 7) is 15.0. The van der Waals surface area contributed by atoms with Crippen molar-refractivity contribution in [2.24, 2.45) is 5.41 Å². The van der Waals surface area contributed by atoms with Crippen LogP contribution in [-0.4, -0.2) is 58.3 Å². The fourth-order valence-corrected chi connectivity index (χ4v) is 4.20. The van der Waals surface area contributed by atoms with Crippen molar-refractivity contribution < 1.29 is 19.1 Å². The number of halogens is 1. The first-order chi connectivity index (χ1) is 15.6. The summed E-state index contributed by atoms with van der Waals surface area (Å²) in [6.07, 6.45) is -1.39. The van der Waals surface area contributed by atoms with Crippen LogP contribution in [-0.2, 0) is 9.59 Å². The molecule has 0 spiro atoms. The molecule has 1 aliphatic rings. The summed E-state index contributed by atoms with van der Waals surface area (Å²) in [5.41, 5.74) is 0.924. The van der Waals surface area contributed by atoms with Crippen molar-refractivity contribution in [1.82, 2.24) is 15.5 Å². The maximum absolute atomic E-state index is 15.0. The predicted molar refractivity (Wildman–Crippen MR) is 138 cm³/mol. The van der Waals surface area contributed by atoms with Gasteiger partial charge in [0.05, 0.1) is 18.6 Å². The van der Waals surface area contributed by atoms with E-state index in [1.165, 1.54) is 4.90 Å². The molecule has 34 heavy (non-hydrogen) atoms. The van der Waals surface area contributed by atoms with Crippen molar-refractivity contribution in [2.75, 3.05) is 6.54 Å². The molecule has 1 aliphatic heterocycles. The molecule has 3 N–H and O–H groups in total. The van der Waals surface area contributed by atoms with Crippen LogP contribution in [0.15, 0.2) is 30.3 Å². The van der Waals surface area contributed by atoms with Crippen LogP contribution in [0.25, 0.3) is 4.91 Å². The Morgan fingerprint density at radius 3 is 2.21 bits per heavy atom. The predicted octanol–water partition coefficient (Wildman–Crippen LogP) is 3.87. The Morgan fingerprint density at radius 2 is 1.74 bits per heavy atom. The van der Waals surface area contributed by atoms with Crippen molar-refractivity contribution >= 4 is 29.3 Å². The molecule has 6 nitrogen and oxygen atoms in total. The molecule has 1 fully saturated rings. The third-order valence-corrected chi connectivity index (χ3v) is 6.49. The summed E-state index contributed by atoms with van der Waals surface area (Å²) in [4.78, 5) is 28.8. The van der Waals surface area contributed by atoms with E-state index < -0.39 is 47.6 Å². The lowest BCUT2D eigenvalue weighted by Crippen LogP contribution is -2.61. The standard InChI is InChI=1S/C26H40FN3O3S/c1-9-19(34)17-12-10-16(11-13-17)15(2)28-23(32)21-20(27)18(31)14-30(21)24(33)22(25(3,4)5)29-26(6,7)8/h9-13,15,18,20-22,29,31,34H,14H2,1-8H3,(H,28,32)/b19-9+/t15-,18-,20-,21-,22+/m0/s1. The molecule has 0 aromatic heterocycles. The summed E-state index contributed by atoms with van der Waals surface area (Å²) in [7, 11) is 0. The summed E-state index contributed by atoms with van der Waals surface area (Å²) in [5, 5.41) is 16.4. The van der Waals surface area contributed by atoms with E-state index in [9.17, 15) is 14.7 Å². The smallest absolute Gasteiger partial charge is 0.246 e. The zero-order chi connectivity index (χ0) is 26.0. The number of nitrogens with one attached hydrogen (secondary N) is 2. The number of carbonyl (C=O) groups is 2. The van der Waals surface area contributed by atoms with Gasteiger partial charge in [-0.05, 0) is 51.2 Å². The first kappa shape index (κ1) is 28.3. The summed E-state index contributed by atoms with van der Waals surface area (Å²) in [5.74, 6) is -1.02. The van der Waals surface area contributed by atoms with Crippen LogP contribution < -0.4 is 10.6 Å². The Morgan fingerprint density at radius 1 is 1.18 bits per heavy atom. The van der Waals surface area contributed by atoms with Crippen molar-refractivity contribution in [1.29, 1.82) is 0 Å². The molecule has 0 bridgehead atoms. The zero-order valence-corrected chi connectivity index (χ0v) is 22.4. The number of rotatable bonds is 6. The number of nitrogens with zero attached hydrogens (tertiary/aromatic N) is 1. The molecule has 1 aromatic rings. The first-order valence-electron chi connectivity index (χ1n) is 11.7. The van der Waals surface area contributed by atoms with E-state index >= 15 is 4.39 Å². The second-order valence-corrected chi connectivity index (χ2v) is 11.6. The number of carbonyl (C=O) groups excluding carboxylic acids is 2. The quantitative estimate of drug-likeness (QED) is 0.454. The van der Waals surface area contributed by atoms with E-state index in [-0.39, 0.29) is 12.1 Å². The van der Waals surface area contributed by atoms with Crippen molar-refractivity contribution in [3.8, 4) is 0 Å². The molecule has 0 unspecified atom stereocenters. The average molecular weight is 494 g/mol. The topological polar surface area (TPSA) is 81.7 Å². The normalized spacial score (nSPS) is 23.6. The number of amides is 2. The van der Waals surface area contributed by atoms with Gasteiger partial charge in [-0.3, -0.25) is 9.59 Å². The first-order valence-corrected chi connectivity index (χ1v) is 12.2. The molecule has 0 radical (unpaired) electrons. The zero-order valence-electron chi connectivity index (χ0n) is 21.5. The van der Waals surface area contributed by atoms with Gasteiger partial charge < -0.3 is 20.6 Å². The van der Waals surface area contributed by atoms with Gasteiger partial charge in [0.15, 0.2) is 6.17 Å². The molecule has 1 aromatic carbocycles. The van der Waals surface area contributed by atoms with Crippen LogP contribution in [0.4, 0.5) is 4.39 Å². The fourth-order valence-electron chi connectivity index (χ4n) is 4.05. The lowest BCUT2D eigenvalue weighted by atomic mass is 9.84.